The average Bonchev–Trinajstić information content (AvgIpc) is 3.47. The number of halogens is 1. The van der Waals surface area contributed by atoms with Gasteiger partial charge in [0.1, 0.15) is 0 Å². The van der Waals surface area contributed by atoms with Gasteiger partial charge in [-0.1, -0.05) is 22.9 Å². The number of methoxy groups -OCH3 is 2. The first-order chi connectivity index (χ1) is 15.9. The van der Waals surface area contributed by atoms with Crippen molar-refractivity contribution < 1.29 is 23.8 Å². The maximum absolute atomic E-state index is 13.5. The van der Waals surface area contributed by atoms with Gasteiger partial charge in [-0.05, 0) is 43.7 Å². The number of rotatable bonds is 6. The van der Waals surface area contributed by atoms with Crippen LogP contribution in [0.15, 0.2) is 18.2 Å². The van der Waals surface area contributed by atoms with Crippen LogP contribution in [0, 0.1) is 0 Å². The monoisotopic (exact) mass is 513 g/mol. The molecule has 1 fully saturated rings. The van der Waals surface area contributed by atoms with Crippen LogP contribution < -0.4 is 10.1 Å². The third kappa shape index (κ3) is 5.70. The number of likely N-dealkylation sites (tertiary alicyclic amines) is 1. The molecule has 3 atom stereocenters. The number of nitrogens with one attached hydrogen (secondary N) is 1. The first-order valence-corrected chi connectivity index (χ1v) is 12.8. The summed E-state index contributed by atoms with van der Waals surface area (Å²) >= 11 is 8.62. The van der Waals surface area contributed by atoms with Crippen molar-refractivity contribution in [2.75, 3.05) is 47.5 Å². The van der Waals surface area contributed by atoms with E-state index in [2.05, 4.69) is 17.3 Å². The summed E-state index contributed by atoms with van der Waals surface area (Å²) in [7, 11) is 5.41. The molecule has 0 bridgehead atoms. The number of hydrogen-bond acceptors (Lipinski definition) is 8. The third-order valence-electron chi connectivity index (χ3n) is 5.98. The highest BCUT2D eigenvalue weighted by molar-refractivity contribution is 7.17. The molecule has 0 aromatic carbocycles. The van der Waals surface area contributed by atoms with Crippen LogP contribution in [0.2, 0.25) is 4.34 Å². The fraction of sp³-hybridized carbons (Fsp3) is 0.545. The first kappa shape index (κ1) is 24.4. The van der Waals surface area contributed by atoms with Gasteiger partial charge in [0.15, 0.2) is 5.06 Å². The van der Waals surface area contributed by atoms with E-state index in [-0.39, 0.29) is 24.1 Å². The molecule has 33 heavy (non-hydrogen) atoms. The topological polar surface area (TPSA) is 80.3 Å². The molecule has 0 aliphatic carbocycles. The van der Waals surface area contributed by atoms with Crippen LogP contribution in [-0.4, -0.2) is 81.4 Å². The fourth-order valence-corrected chi connectivity index (χ4v) is 6.42. The van der Waals surface area contributed by atoms with Crippen molar-refractivity contribution in [3.63, 3.8) is 0 Å². The van der Waals surface area contributed by atoms with Gasteiger partial charge in [0.25, 0.3) is 5.91 Å². The molecule has 180 valence electrons. The number of carbonyl (C=O) groups excluding carboxylic acids is 2. The lowest BCUT2D eigenvalue weighted by Gasteiger charge is -2.23. The van der Waals surface area contributed by atoms with Crippen LogP contribution in [0.3, 0.4) is 0 Å². The van der Waals surface area contributed by atoms with E-state index in [1.54, 1.807) is 42.6 Å². The molecule has 2 aliphatic heterocycles. The highest BCUT2D eigenvalue weighted by Gasteiger charge is 2.38. The molecule has 2 aromatic rings. The second-order valence-corrected chi connectivity index (χ2v) is 11.1. The van der Waals surface area contributed by atoms with Gasteiger partial charge in [-0.2, -0.15) is 0 Å². The van der Waals surface area contributed by atoms with Gasteiger partial charge in [0.2, 0.25) is 0 Å². The number of fused-ring (bicyclic) bond motifs is 1. The Bertz CT molecular complexity index is 997. The molecule has 11 heteroatoms. The second-order valence-electron chi connectivity index (χ2n) is 8.32. The zero-order valence-electron chi connectivity index (χ0n) is 18.8. The minimum absolute atomic E-state index is 0.0407. The maximum Gasteiger partial charge on any atom is 0.413 e. The lowest BCUT2D eigenvalue weighted by atomic mass is 10.1. The summed E-state index contributed by atoms with van der Waals surface area (Å²) < 4.78 is 16.9. The molecule has 0 radical (unpaired) electrons. The normalized spacial score (nSPS) is 23.3. The van der Waals surface area contributed by atoms with Gasteiger partial charge in [-0.3, -0.25) is 4.79 Å². The summed E-state index contributed by atoms with van der Waals surface area (Å²) in [4.78, 5) is 31.8. The highest BCUT2D eigenvalue weighted by atomic mass is 35.5. The van der Waals surface area contributed by atoms with Gasteiger partial charge in [-0.25, -0.2) is 4.79 Å². The van der Waals surface area contributed by atoms with E-state index >= 15 is 0 Å². The molecule has 0 saturated carbocycles. The number of nitrogens with zero attached hydrogens (tertiary/aromatic N) is 2. The van der Waals surface area contributed by atoms with Gasteiger partial charge >= 0.3 is 6.09 Å². The molecular weight excluding hydrogens is 486 g/mol. The van der Waals surface area contributed by atoms with E-state index in [4.69, 9.17) is 25.8 Å². The number of likely N-dealkylation sites (N-methyl/N-ethyl adjacent to an activating group) is 1. The number of hydrogen-bond donors (Lipinski definition) is 1. The largest absolute Gasteiger partial charge is 0.413 e. The van der Waals surface area contributed by atoms with Crippen LogP contribution in [0.4, 0.5) is 4.79 Å². The first-order valence-electron chi connectivity index (χ1n) is 10.8. The Balaban J connectivity index is 1.45. The minimum Gasteiger partial charge on any atom is -0.399 e. The molecule has 8 nitrogen and oxygen atoms in total. The predicted molar refractivity (Wildman–Crippen MR) is 129 cm³/mol. The van der Waals surface area contributed by atoms with Crippen molar-refractivity contribution in [3.05, 3.63) is 37.9 Å². The molecule has 4 rings (SSSR count). The lowest BCUT2D eigenvalue weighted by Crippen LogP contribution is -2.40. The molecule has 1 N–H and O–H groups in total. The molecule has 4 heterocycles. The molecule has 2 amide bonds. The van der Waals surface area contributed by atoms with E-state index in [0.29, 0.717) is 33.8 Å². The van der Waals surface area contributed by atoms with Crippen molar-refractivity contribution in [2.45, 2.75) is 31.0 Å². The highest BCUT2D eigenvalue weighted by Crippen LogP contribution is 2.34. The fourth-order valence-electron chi connectivity index (χ4n) is 4.38. The molecular formula is C22H28ClN3O5S2. The molecule has 0 unspecified atom stereocenters. The average molecular weight is 514 g/mol. The van der Waals surface area contributed by atoms with E-state index in [9.17, 15) is 9.59 Å². The van der Waals surface area contributed by atoms with E-state index in [1.165, 1.54) is 16.2 Å². The lowest BCUT2D eigenvalue weighted by molar-refractivity contribution is 0.0632. The number of amides is 2. The molecule has 1 saturated heterocycles. The van der Waals surface area contributed by atoms with E-state index in [0.717, 1.165) is 25.1 Å². The predicted octanol–water partition coefficient (Wildman–Crippen LogP) is 3.66. The Kier molecular flexibility index (Phi) is 7.93. The van der Waals surface area contributed by atoms with Crippen molar-refractivity contribution in [2.24, 2.45) is 0 Å². The Morgan fingerprint density at radius 3 is 2.76 bits per heavy atom. The standard InChI is InChI=1S/C22H28ClN3O5S2/c1-25-7-6-17-15(16(11-25)30-3)9-18(32-17)21(27)26-10-13(8-14(26)12-29-2)24-22(28)31-20-5-4-19(23)33-20/h4-5,9,13-14,16H,6-8,10-12H2,1-3H3,(H,24,28)/t13-,14+,16+/m1/s1. The van der Waals surface area contributed by atoms with Gasteiger partial charge in [-0.15, -0.1) is 11.3 Å². The van der Waals surface area contributed by atoms with Crippen molar-refractivity contribution >= 4 is 46.3 Å². The summed E-state index contributed by atoms with van der Waals surface area (Å²) in [5, 5.41) is 3.30. The van der Waals surface area contributed by atoms with Crippen LogP contribution in [0.5, 0.6) is 5.06 Å². The number of thiophene rings is 2. The maximum atomic E-state index is 13.5. The van der Waals surface area contributed by atoms with Crippen molar-refractivity contribution in [1.29, 1.82) is 0 Å². The SMILES string of the molecule is COC[C@@H]1C[C@@H](NC(=O)Oc2ccc(Cl)s2)CN1C(=O)c1cc2c(s1)CCN(C)C[C@@H]2OC. The van der Waals surface area contributed by atoms with Crippen molar-refractivity contribution in [1.82, 2.24) is 15.1 Å². The summed E-state index contributed by atoms with van der Waals surface area (Å²) in [6, 6.07) is 4.95. The number of ether oxygens (including phenoxy) is 3. The van der Waals surface area contributed by atoms with E-state index in [1.807, 2.05) is 6.07 Å². The smallest absolute Gasteiger partial charge is 0.399 e. The Morgan fingerprint density at radius 1 is 1.24 bits per heavy atom. The Morgan fingerprint density at radius 2 is 2.06 bits per heavy atom. The van der Waals surface area contributed by atoms with Gasteiger partial charge in [0, 0.05) is 38.7 Å². The summed E-state index contributed by atoms with van der Waals surface area (Å²) in [6.45, 7) is 2.52. The van der Waals surface area contributed by atoms with Crippen molar-refractivity contribution in [3.8, 4) is 5.06 Å². The van der Waals surface area contributed by atoms with Crippen LogP contribution >= 0.6 is 34.3 Å². The minimum atomic E-state index is -0.557. The molecule has 2 aromatic heterocycles. The van der Waals surface area contributed by atoms with Crippen LogP contribution in [-0.2, 0) is 15.9 Å². The molecule has 0 spiro atoms. The third-order valence-corrected chi connectivity index (χ3v) is 8.29. The van der Waals surface area contributed by atoms with Crippen LogP contribution in [0.1, 0.15) is 32.6 Å². The van der Waals surface area contributed by atoms with Crippen LogP contribution in [0.25, 0.3) is 0 Å². The number of carbonyl (C=O) groups is 2. The summed E-state index contributed by atoms with van der Waals surface area (Å²) in [6.07, 6.45) is 0.886. The molecule has 2 aliphatic rings. The summed E-state index contributed by atoms with van der Waals surface area (Å²) in [5.74, 6) is -0.0407. The van der Waals surface area contributed by atoms with Gasteiger partial charge in [0.05, 0.1) is 34.0 Å². The second kappa shape index (κ2) is 10.7. The quantitative estimate of drug-likeness (QED) is 0.635. The van der Waals surface area contributed by atoms with E-state index < -0.39 is 6.09 Å². The Hall–Kier alpha value is -1.69. The van der Waals surface area contributed by atoms with Gasteiger partial charge < -0.3 is 29.3 Å². The zero-order chi connectivity index (χ0) is 23.5. The summed E-state index contributed by atoms with van der Waals surface area (Å²) in [5.41, 5.74) is 1.10. The zero-order valence-corrected chi connectivity index (χ0v) is 21.2. The Labute approximate surface area is 206 Å².